The van der Waals surface area contributed by atoms with E-state index < -0.39 is 0 Å². The Bertz CT molecular complexity index is 2330. The van der Waals surface area contributed by atoms with Crippen molar-refractivity contribution in [3.05, 3.63) is 197 Å². The number of aromatic nitrogens is 1. The van der Waals surface area contributed by atoms with E-state index in [1.165, 1.54) is 67.0 Å². The molecule has 0 amide bonds. The molecule has 3 heteroatoms. The maximum atomic E-state index is 4.46. The van der Waals surface area contributed by atoms with E-state index in [0.29, 0.717) is 0 Å². The lowest BCUT2D eigenvalue weighted by Crippen LogP contribution is -2.52. The zero-order valence-corrected chi connectivity index (χ0v) is 35.2. The first-order valence-electron chi connectivity index (χ1n) is 21.2. The maximum Gasteiger partial charge on any atom is 0.102 e. The summed E-state index contributed by atoms with van der Waals surface area (Å²) >= 11 is 0. The molecule has 0 fully saturated rings. The predicted octanol–water partition coefficient (Wildman–Crippen LogP) is 14.0. The van der Waals surface area contributed by atoms with E-state index in [1.807, 2.05) is 27.7 Å². The molecule has 0 radical (unpaired) electrons. The lowest BCUT2D eigenvalue weighted by molar-refractivity contribution is 0.215. The Balaban J connectivity index is 0.00000133. The van der Waals surface area contributed by atoms with Gasteiger partial charge in [0.1, 0.15) is 6.17 Å². The van der Waals surface area contributed by atoms with Crippen LogP contribution in [0.25, 0.3) is 39.0 Å². The van der Waals surface area contributed by atoms with Crippen LogP contribution in [0.1, 0.15) is 95.2 Å². The lowest BCUT2D eigenvalue weighted by atomic mass is 9.88. The van der Waals surface area contributed by atoms with Gasteiger partial charge in [0.15, 0.2) is 0 Å². The number of allylic oxidation sites excluding steroid dienone is 9. The van der Waals surface area contributed by atoms with E-state index in [0.717, 1.165) is 43.2 Å². The fourth-order valence-electron chi connectivity index (χ4n) is 8.48. The molecule has 2 atom stereocenters. The second kappa shape index (κ2) is 19.5. The van der Waals surface area contributed by atoms with Crippen molar-refractivity contribution in [2.45, 2.75) is 85.9 Å². The Labute approximate surface area is 342 Å². The Morgan fingerprint density at radius 2 is 1.47 bits per heavy atom. The number of para-hydroxylation sites is 1. The van der Waals surface area contributed by atoms with Crippen molar-refractivity contribution in [2.24, 2.45) is 0 Å². The summed E-state index contributed by atoms with van der Waals surface area (Å²) in [5, 5.41) is 5.28. The molecule has 292 valence electrons. The molecule has 8 rings (SSSR count). The van der Waals surface area contributed by atoms with Gasteiger partial charge >= 0.3 is 0 Å². The van der Waals surface area contributed by atoms with Crippen molar-refractivity contribution in [3.63, 3.8) is 0 Å². The number of likely N-dealkylation sites (N-methyl/N-ethyl adjacent to an activating group) is 1. The predicted molar refractivity (Wildman–Crippen MR) is 249 cm³/mol. The first kappa shape index (κ1) is 41.0. The normalized spacial score (nSPS) is 18.1. The van der Waals surface area contributed by atoms with Gasteiger partial charge in [-0.3, -0.25) is 4.90 Å². The van der Waals surface area contributed by atoms with Gasteiger partial charge in [-0.05, 0) is 127 Å². The van der Waals surface area contributed by atoms with Crippen molar-refractivity contribution in [1.29, 1.82) is 0 Å². The number of rotatable bonds is 9. The number of nitrogens with one attached hydrogen (secondary N) is 1. The highest BCUT2D eigenvalue weighted by Crippen LogP contribution is 2.39. The van der Waals surface area contributed by atoms with Crippen LogP contribution < -0.4 is 5.32 Å². The van der Waals surface area contributed by atoms with Crippen LogP contribution in [-0.2, 0) is 6.42 Å². The quantitative estimate of drug-likeness (QED) is 0.151. The van der Waals surface area contributed by atoms with E-state index in [2.05, 4.69) is 194 Å². The van der Waals surface area contributed by atoms with Crippen molar-refractivity contribution in [1.82, 2.24) is 14.8 Å². The molecule has 2 unspecified atom stereocenters. The fraction of sp³-hybridized carbons (Fsp3) is 0.259. The molecule has 2 heterocycles. The van der Waals surface area contributed by atoms with E-state index >= 15 is 0 Å². The summed E-state index contributed by atoms with van der Waals surface area (Å²) < 4.78 is 2.47. The van der Waals surface area contributed by atoms with Crippen LogP contribution in [-0.4, -0.2) is 28.7 Å². The second-order valence-electron chi connectivity index (χ2n) is 14.5. The van der Waals surface area contributed by atoms with Gasteiger partial charge in [0.2, 0.25) is 0 Å². The van der Waals surface area contributed by atoms with Crippen LogP contribution in [0, 0.1) is 0 Å². The third-order valence-electron chi connectivity index (χ3n) is 11.1. The molecule has 1 N–H and O–H groups in total. The van der Waals surface area contributed by atoms with E-state index in [1.54, 1.807) is 0 Å². The number of aryl methyl sites for hydroxylation is 1. The number of benzene rings is 4. The van der Waals surface area contributed by atoms with Crippen molar-refractivity contribution in [3.8, 4) is 5.69 Å². The van der Waals surface area contributed by atoms with Gasteiger partial charge in [-0.2, -0.15) is 0 Å². The molecule has 0 saturated heterocycles. The number of hydrogen-bond acceptors (Lipinski definition) is 2. The summed E-state index contributed by atoms with van der Waals surface area (Å²) in [6, 6.07) is 39.5. The van der Waals surface area contributed by atoms with Crippen LogP contribution in [0.15, 0.2) is 169 Å². The zero-order valence-electron chi connectivity index (χ0n) is 35.2. The highest BCUT2D eigenvalue weighted by atomic mass is 15.3. The topological polar surface area (TPSA) is 20.2 Å². The molecule has 3 aliphatic rings. The van der Waals surface area contributed by atoms with Crippen molar-refractivity contribution < 1.29 is 0 Å². The molecule has 0 bridgehead atoms. The molecular formula is C54H61N3. The van der Waals surface area contributed by atoms with Gasteiger partial charge in [-0.25, -0.2) is 0 Å². The third-order valence-corrected chi connectivity index (χ3v) is 11.1. The van der Waals surface area contributed by atoms with Crippen molar-refractivity contribution in [2.75, 3.05) is 7.05 Å². The largest absolute Gasteiger partial charge is 0.366 e. The standard InChI is InChI=1S/C50H49N3.2C2H6/c1-5-44-45-30-29-41(33-48(45)53(43-27-16-9-17-28-43)49(44)36(3)31-35(2)37-19-10-6-11-20-37)40-25-18-26-42(32-40)50-51-46(38-21-12-7-13-22-38)34-47(52(50)4)39-23-14-8-15-24-39;2*1-2/h6-14,16-17,19-23,25,27-34,47,50-51H,2,5,15,18,24,26H2,1,3-4H3;2*1-2H3/b36-31-;;. The van der Waals surface area contributed by atoms with Gasteiger partial charge in [-0.1, -0.05) is 163 Å². The molecule has 2 aliphatic carbocycles. The first-order valence-corrected chi connectivity index (χ1v) is 21.2. The summed E-state index contributed by atoms with van der Waals surface area (Å²) in [7, 11) is 2.29. The molecule has 57 heavy (non-hydrogen) atoms. The van der Waals surface area contributed by atoms with Crippen molar-refractivity contribution >= 4 is 33.3 Å². The smallest absolute Gasteiger partial charge is 0.102 e. The highest BCUT2D eigenvalue weighted by molar-refractivity contribution is 5.96. The molecule has 5 aromatic rings. The Hall–Kier alpha value is -5.64. The summed E-state index contributed by atoms with van der Waals surface area (Å²) in [6.45, 7) is 17.0. The third kappa shape index (κ3) is 8.85. The monoisotopic (exact) mass is 751 g/mol. The molecule has 1 aliphatic heterocycles. The summed E-state index contributed by atoms with van der Waals surface area (Å²) in [5.41, 5.74) is 16.3. The summed E-state index contributed by atoms with van der Waals surface area (Å²) in [4.78, 5) is 2.54. The van der Waals surface area contributed by atoms with Crippen LogP contribution >= 0.6 is 0 Å². The molecule has 0 saturated carbocycles. The second-order valence-corrected chi connectivity index (χ2v) is 14.5. The Kier molecular flexibility index (Phi) is 14.0. The molecule has 4 aromatic carbocycles. The summed E-state index contributed by atoms with van der Waals surface area (Å²) in [5.74, 6) is 0. The Morgan fingerprint density at radius 1 is 0.807 bits per heavy atom. The first-order chi connectivity index (χ1) is 28.0. The number of nitrogens with zero attached hydrogens (tertiary/aromatic N) is 2. The SMILES string of the molecule is C=C(/C=C(/C)c1c(CC)c2ccc(C3=CCCC(C4NC(c5ccccc5)=CC(C5=CC=CCC5)N4C)=C3)cc2n1-c1ccccc1)c1ccccc1.CC.CC. The molecular weight excluding hydrogens is 691 g/mol. The van der Waals surface area contributed by atoms with E-state index in [-0.39, 0.29) is 12.2 Å². The summed E-state index contributed by atoms with van der Waals surface area (Å²) in [6.07, 6.45) is 21.7. The fourth-order valence-corrected chi connectivity index (χ4v) is 8.48. The molecule has 3 nitrogen and oxygen atoms in total. The van der Waals surface area contributed by atoms with Gasteiger partial charge in [0.05, 0.1) is 17.3 Å². The van der Waals surface area contributed by atoms with Crippen LogP contribution in [0.2, 0.25) is 0 Å². The van der Waals surface area contributed by atoms with Gasteiger partial charge in [-0.15, -0.1) is 0 Å². The maximum absolute atomic E-state index is 4.46. The van der Waals surface area contributed by atoms with Crippen LogP contribution in [0.4, 0.5) is 0 Å². The average Bonchev–Trinajstić information content (AvgIpc) is 3.63. The minimum Gasteiger partial charge on any atom is -0.366 e. The van der Waals surface area contributed by atoms with Gasteiger partial charge in [0, 0.05) is 16.8 Å². The van der Waals surface area contributed by atoms with Crippen LogP contribution in [0.3, 0.4) is 0 Å². The number of hydrogen-bond donors (Lipinski definition) is 1. The van der Waals surface area contributed by atoms with E-state index in [4.69, 9.17) is 0 Å². The van der Waals surface area contributed by atoms with Crippen LogP contribution in [0.5, 0.6) is 0 Å². The Morgan fingerprint density at radius 3 is 2.14 bits per heavy atom. The molecule has 0 spiro atoms. The van der Waals surface area contributed by atoms with Gasteiger partial charge in [0.25, 0.3) is 0 Å². The lowest BCUT2D eigenvalue weighted by Gasteiger charge is -2.43. The van der Waals surface area contributed by atoms with E-state index in [9.17, 15) is 0 Å². The minimum absolute atomic E-state index is 0.0939. The minimum atomic E-state index is 0.0939. The highest BCUT2D eigenvalue weighted by Gasteiger charge is 2.33. The molecule has 1 aromatic heterocycles. The number of fused-ring (bicyclic) bond motifs is 1. The average molecular weight is 752 g/mol. The van der Waals surface area contributed by atoms with Gasteiger partial charge < -0.3 is 9.88 Å². The zero-order chi connectivity index (χ0) is 40.3.